The Morgan fingerprint density at radius 3 is 2.94 bits per heavy atom. The summed E-state index contributed by atoms with van der Waals surface area (Å²) in [7, 11) is 0. The second-order valence-electron chi connectivity index (χ2n) is 4.42. The van der Waals surface area contributed by atoms with Gasteiger partial charge in [-0.15, -0.1) is 0 Å². The Balaban J connectivity index is 2.13. The highest BCUT2D eigenvalue weighted by molar-refractivity contribution is 5.55. The van der Waals surface area contributed by atoms with Gasteiger partial charge in [-0.3, -0.25) is 4.98 Å². The Kier molecular flexibility index (Phi) is 2.24. The van der Waals surface area contributed by atoms with E-state index in [-0.39, 0.29) is 0 Å². The van der Waals surface area contributed by atoms with Crippen molar-refractivity contribution < 1.29 is 0 Å². The van der Waals surface area contributed by atoms with Gasteiger partial charge in [0.1, 0.15) is 5.82 Å². The van der Waals surface area contributed by atoms with E-state index in [2.05, 4.69) is 21.5 Å². The summed E-state index contributed by atoms with van der Waals surface area (Å²) in [5.74, 6) is 1.09. The molecular formula is C13H15N3. The molecule has 3 heterocycles. The van der Waals surface area contributed by atoms with Crippen LogP contribution in [0.4, 0.5) is 0 Å². The quantitative estimate of drug-likeness (QED) is 0.729. The van der Waals surface area contributed by atoms with Gasteiger partial charge in [0, 0.05) is 35.9 Å². The zero-order valence-corrected chi connectivity index (χ0v) is 9.43. The zero-order valence-electron chi connectivity index (χ0n) is 9.43. The number of hydrogen-bond acceptors (Lipinski definition) is 2. The van der Waals surface area contributed by atoms with Crippen LogP contribution in [-0.4, -0.2) is 14.5 Å². The number of aryl methyl sites for hydroxylation is 1. The lowest BCUT2D eigenvalue weighted by Gasteiger charge is -2.24. The van der Waals surface area contributed by atoms with Gasteiger partial charge in [-0.1, -0.05) is 0 Å². The molecule has 1 atom stereocenters. The fourth-order valence-corrected chi connectivity index (χ4v) is 2.50. The van der Waals surface area contributed by atoms with Crippen molar-refractivity contribution in [2.45, 2.75) is 32.2 Å². The van der Waals surface area contributed by atoms with Crippen molar-refractivity contribution >= 4 is 0 Å². The van der Waals surface area contributed by atoms with Crippen LogP contribution in [-0.2, 0) is 6.42 Å². The van der Waals surface area contributed by atoms with Gasteiger partial charge in [0.15, 0.2) is 0 Å². The van der Waals surface area contributed by atoms with Crippen LogP contribution >= 0.6 is 0 Å². The molecule has 16 heavy (non-hydrogen) atoms. The molecule has 0 N–H and O–H groups in total. The lowest BCUT2D eigenvalue weighted by atomic mass is 10.0. The average Bonchev–Trinajstić information content (AvgIpc) is 2.75. The Morgan fingerprint density at radius 2 is 2.12 bits per heavy atom. The highest BCUT2D eigenvalue weighted by atomic mass is 15.1. The predicted octanol–water partition coefficient (Wildman–Crippen LogP) is 2.84. The number of aromatic nitrogens is 3. The largest absolute Gasteiger partial charge is 0.325 e. The Hall–Kier alpha value is -1.64. The maximum atomic E-state index is 4.55. The maximum absolute atomic E-state index is 4.55. The average molecular weight is 213 g/mol. The van der Waals surface area contributed by atoms with Crippen LogP contribution in [0, 0.1) is 0 Å². The molecular weight excluding hydrogens is 198 g/mol. The minimum Gasteiger partial charge on any atom is -0.325 e. The van der Waals surface area contributed by atoms with Crippen molar-refractivity contribution in [1.29, 1.82) is 0 Å². The SMILES string of the molecule is CC1CCCc2cnc(-c3ccncc3)n21. The molecule has 3 rings (SSSR count). The normalized spacial score (nSPS) is 19.4. The van der Waals surface area contributed by atoms with Crippen LogP contribution in [0.5, 0.6) is 0 Å². The van der Waals surface area contributed by atoms with Gasteiger partial charge in [0.25, 0.3) is 0 Å². The third kappa shape index (κ3) is 1.43. The summed E-state index contributed by atoms with van der Waals surface area (Å²) in [6, 6.07) is 4.61. The van der Waals surface area contributed by atoms with Gasteiger partial charge in [-0.2, -0.15) is 0 Å². The Bertz CT molecular complexity index is 487. The molecule has 3 nitrogen and oxygen atoms in total. The van der Waals surface area contributed by atoms with Crippen molar-refractivity contribution in [3.8, 4) is 11.4 Å². The summed E-state index contributed by atoms with van der Waals surface area (Å²) in [5, 5.41) is 0. The molecule has 0 fully saturated rings. The highest BCUT2D eigenvalue weighted by Crippen LogP contribution is 2.30. The van der Waals surface area contributed by atoms with Gasteiger partial charge in [0.05, 0.1) is 0 Å². The van der Waals surface area contributed by atoms with Gasteiger partial charge in [0.2, 0.25) is 0 Å². The minimum atomic E-state index is 0.564. The molecule has 0 amide bonds. The summed E-state index contributed by atoms with van der Waals surface area (Å²) in [6.45, 7) is 2.27. The van der Waals surface area contributed by atoms with Gasteiger partial charge in [-0.05, 0) is 38.3 Å². The molecule has 0 radical (unpaired) electrons. The minimum absolute atomic E-state index is 0.564. The van der Waals surface area contributed by atoms with E-state index in [1.807, 2.05) is 30.7 Å². The monoisotopic (exact) mass is 213 g/mol. The van der Waals surface area contributed by atoms with E-state index in [1.165, 1.54) is 18.5 Å². The second kappa shape index (κ2) is 3.74. The molecule has 1 aliphatic rings. The number of imidazole rings is 1. The molecule has 0 saturated carbocycles. The van der Waals surface area contributed by atoms with E-state index in [9.17, 15) is 0 Å². The first-order valence-corrected chi connectivity index (χ1v) is 5.83. The number of rotatable bonds is 1. The van der Waals surface area contributed by atoms with Crippen LogP contribution in [0.3, 0.4) is 0 Å². The van der Waals surface area contributed by atoms with Crippen molar-refractivity contribution in [3.63, 3.8) is 0 Å². The van der Waals surface area contributed by atoms with Crippen LogP contribution < -0.4 is 0 Å². The third-order valence-corrected chi connectivity index (χ3v) is 3.31. The van der Waals surface area contributed by atoms with E-state index in [0.717, 1.165) is 17.8 Å². The highest BCUT2D eigenvalue weighted by Gasteiger charge is 2.20. The first kappa shape index (κ1) is 9.58. The van der Waals surface area contributed by atoms with Crippen molar-refractivity contribution in [1.82, 2.24) is 14.5 Å². The van der Waals surface area contributed by atoms with E-state index < -0.39 is 0 Å². The molecule has 0 bridgehead atoms. The topological polar surface area (TPSA) is 30.7 Å². The van der Waals surface area contributed by atoms with Crippen LogP contribution in [0.25, 0.3) is 11.4 Å². The molecule has 0 spiro atoms. The zero-order chi connectivity index (χ0) is 11.0. The van der Waals surface area contributed by atoms with Crippen molar-refractivity contribution in [3.05, 3.63) is 36.4 Å². The standard InChI is InChI=1S/C13H15N3/c1-10-3-2-4-12-9-15-13(16(10)12)11-5-7-14-8-6-11/h5-10H,2-4H2,1H3. The molecule has 2 aromatic rings. The van der Waals surface area contributed by atoms with Crippen molar-refractivity contribution in [2.24, 2.45) is 0 Å². The van der Waals surface area contributed by atoms with E-state index in [0.29, 0.717) is 6.04 Å². The fourth-order valence-electron chi connectivity index (χ4n) is 2.50. The van der Waals surface area contributed by atoms with E-state index in [1.54, 1.807) is 0 Å². The first-order chi connectivity index (χ1) is 7.86. The summed E-state index contributed by atoms with van der Waals surface area (Å²) < 4.78 is 2.37. The Labute approximate surface area is 95.2 Å². The third-order valence-electron chi connectivity index (χ3n) is 3.31. The van der Waals surface area contributed by atoms with E-state index in [4.69, 9.17) is 0 Å². The summed E-state index contributed by atoms with van der Waals surface area (Å²) in [6.07, 6.45) is 9.35. The van der Waals surface area contributed by atoms with E-state index >= 15 is 0 Å². The molecule has 0 saturated heterocycles. The van der Waals surface area contributed by atoms with Crippen LogP contribution in [0.2, 0.25) is 0 Å². The lowest BCUT2D eigenvalue weighted by Crippen LogP contribution is -2.15. The van der Waals surface area contributed by atoms with Crippen LogP contribution in [0.1, 0.15) is 31.5 Å². The van der Waals surface area contributed by atoms with Gasteiger partial charge < -0.3 is 4.57 Å². The van der Waals surface area contributed by atoms with Crippen LogP contribution in [0.15, 0.2) is 30.7 Å². The lowest BCUT2D eigenvalue weighted by molar-refractivity contribution is 0.436. The Morgan fingerprint density at radius 1 is 1.31 bits per heavy atom. The first-order valence-electron chi connectivity index (χ1n) is 5.83. The fraction of sp³-hybridized carbons (Fsp3) is 0.385. The predicted molar refractivity (Wildman–Crippen MR) is 63.1 cm³/mol. The molecule has 1 unspecified atom stereocenters. The molecule has 1 aliphatic heterocycles. The maximum Gasteiger partial charge on any atom is 0.140 e. The second-order valence-corrected chi connectivity index (χ2v) is 4.42. The van der Waals surface area contributed by atoms with Gasteiger partial charge >= 0.3 is 0 Å². The summed E-state index contributed by atoms with van der Waals surface area (Å²) in [5.41, 5.74) is 2.53. The molecule has 2 aromatic heterocycles. The molecule has 3 heteroatoms. The smallest absolute Gasteiger partial charge is 0.140 e. The summed E-state index contributed by atoms with van der Waals surface area (Å²) >= 11 is 0. The number of fused-ring (bicyclic) bond motifs is 1. The van der Waals surface area contributed by atoms with Gasteiger partial charge in [-0.25, -0.2) is 4.98 Å². The number of nitrogens with zero attached hydrogens (tertiary/aromatic N) is 3. The molecule has 0 aliphatic carbocycles. The number of pyridine rings is 1. The number of hydrogen-bond donors (Lipinski definition) is 0. The molecule has 82 valence electrons. The molecule has 0 aromatic carbocycles. The summed E-state index contributed by atoms with van der Waals surface area (Å²) in [4.78, 5) is 8.60. The van der Waals surface area contributed by atoms with Crippen molar-refractivity contribution in [2.75, 3.05) is 0 Å².